The number of nitrogens with zero attached hydrogens (tertiary/aromatic N) is 1. The molecule has 6 heteroatoms. The van der Waals surface area contributed by atoms with Crippen molar-refractivity contribution in [3.05, 3.63) is 51.2 Å². The van der Waals surface area contributed by atoms with Crippen LogP contribution in [-0.2, 0) is 6.54 Å². The zero-order valence-corrected chi connectivity index (χ0v) is 13.0. The van der Waals surface area contributed by atoms with E-state index in [1.165, 1.54) is 10.7 Å². The van der Waals surface area contributed by atoms with E-state index in [2.05, 4.69) is 32.9 Å². The van der Waals surface area contributed by atoms with Crippen molar-refractivity contribution in [1.29, 1.82) is 0 Å². The molecule has 0 fully saturated rings. The predicted molar refractivity (Wildman–Crippen MR) is 85.8 cm³/mol. The molecule has 5 nitrogen and oxygen atoms in total. The highest BCUT2D eigenvalue weighted by Crippen LogP contribution is 2.19. The van der Waals surface area contributed by atoms with Crippen LogP contribution in [0.15, 0.2) is 36.5 Å². The first-order valence-corrected chi connectivity index (χ1v) is 7.00. The highest BCUT2D eigenvalue weighted by Gasteiger charge is 2.11. The summed E-state index contributed by atoms with van der Waals surface area (Å²) in [5.74, 6) is -0.329. The van der Waals surface area contributed by atoms with Gasteiger partial charge in [-0.25, -0.2) is 4.98 Å². The molecule has 3 N–H and O–H groups in total. The maximum Gasteiger partial charge on any atom is 0.254 e. The van der Waals surface area contributed by atoms with Crippen LogP contribution in [0.3, 0.4) is 0 Å². The van der Waals surface area contributed by atoms with E-state index in [9.17, 15) is 4.79 Å². The molecule has 0 spiro atoms. The zero-order chi connectivity index (χ0) is 14.5. The Morgan fingerprint density at radius 3 is 2.70 bits per heavy atom. The summed E-state index contributed by atoms with van der Waals surface area (Å²) in [6.45, 7) is 0.642. The quantitative estimate of drug-likeness (QED) is 0.778. The standard InChI is InChI=1S/C14H14IN3O2/c1-20-14-12(13(16)19)6-11(8-18-14)17-7-9-2-4-10(15)5-3-9/h2-6,8,17H,7H2,1H3,(H2,16,19). The lowest BCUT2D eigenvalue weighted by Crippen LogP contribution is -2.14. The summed E-state index contributed by atoms with van der Waals surface area (Å²) in [5.41, 5.74) is 7.42. The van der Waals surface area contributed by atoms with Gasteiger partial charge in [0.2, 0.25) is 5.88 Å². The van der Waals surface area contributed by atoms with Crippen LogP contribution < -0.4 is 15.8 Å². The summed E-state index contributed by atoms with van der Waals surface area (Å²) >= 11 is 2.26. The minimum Gasteiger partial charge on any atom is -0.480 e. The van der Waals surface area contributed by atoms with Crippen molar-refractivity contribution < 1.29 is 9.53 Å². The van der Waals surface area contributed by atoms with Gasteiger partial charge in [-0.2, -0.15) is 0 Å². The number of nitrogens with one attached hydrogen (secondary N) is 1. The molecule has 2 rings (SSSR count). The second-order valence-electron chi connectivity index (χ2n) is 4.13. The molecule has 0 unspecified atom stereocenters. The average Bonchev–Trinajstić information content (AvgIpc) is 2.46. The van der Waals surface area contributed by atoms with Crippen LogP contribution in [0, 0.1) is 3.57 Å². The number of benzene rings is 1. The fourth-order valence-corrected chi connectivity index (χ4v) is 2.05. The first-order valence-electron chi connectivity index (χ1n) is 5.92. The number of rotatable bonds is 5. The van der Waals surface area contributed by atoms with Crippen molar-refractivity contribution in [3.8, 4) is 5.88 Å². The topological polar surface area (TPSA) is 77.2 Å². The molecule has 0 bridgehead atoms. The molecule has 1 aromatic carbocycles. The first-order chi connectivity index (χ1) is 9.60. The van der Waals surface area contributed by atoms with Crippen molar-refractivity contribution in [2.75, 3.05) is 12.4 Å². The number of anilines is 1. The van der Waals surface area contributed by atoms with Gasteiger partial charge in [-0.3, -0.25) is 4.79 Å². The molecule has 0 saturated heterocycles. The number of hydrogen-bond donors (Lipinski definition) is 2. The molecule has 0 atom stereocenters. The number of hydrogen-bond acceptors (Lipinski definition) is 4. The number of methoxy groups -OCH3 is 1. The lowest BCUT2D eigenvalue weighted by atomic mass is 10.2. The van der Waals surface area contributed by atoms with E-state index < -0.39 is 5.91 Å². The van der Waals surface area contributed by atoms with Gasteiger partial charge in [0.15, 0.2) is 0 Å². The van der Waals surface area contributed by atoms with Gasteiger partial charge in [0.1, 0.15) is 5.56 Å². The SMILES string of the molecule is COc1ncc(NCc2ccc(I)cc2)cc1C(N)=O. The molecule has 0 aliphatic heterocycles. The lowest BCUT2D eigenvalue weighted by molar-refractivity contribution is 0.0996. The smallest absolute Gasteiger partial charge is 0.254 e. The third-order valence-corrected chi connectivity index (χ3v) is 3.44. The summed E-state index contributed by atoms with van der Waals surface area (Å²) in [6.07, 6.45) is 1.61. The predicted octanol–water partition coefficient (Wildman–Crippen LogP) is 2.41. The minimum atomic E-state index is -0.563. The number of ether oxygens (including phenoxy) is 1. The molecule has 0 radical (unpaired) electrons. The largest absolute Gasteiger partial charge is 0.480 e. The number of nitrogens with two attached hydrogens (primary N) is 1. The lowest BCUT2D eigenvalue weighted by Gasteiger charge is -2.09. The number of primary amides is 1. The Hall–Kier alpha value is -1.83. The van der Waals surface area contributed by atoms with E-state index >= 15 is 0 Å². The highest BCUT2D eigenvalue weighted by molar-refractivity contribution is 14.1. The molecule has 2 aromatic rings. The van der Waals surface area contributed by atoms with E-state index in [-0.39, 0.29) is 11.4 Å². The molecular weight excluding hydrogens is 369 g/mol. The van der Waals surface area contributed by atoms with Gasteiger partial charge < -0.3 is 15.8 Å². The molecule has 0 aliphatic carbocycles. The van der Waals surface area contributed by atoms with Crippen LogP contribution in [0.2, 0.25) is 0 Å². The highest BCUT2D eigenvalue weighted by atomic mass is 127. The van der Waals surface area contributed by atoms with Crippen LogP contribution in [-0.4, -0.2) is 18.0 Å². The van der Waals surface area contributed by atoms with Gasteiger partial charge in [0, 0.05) is 10.1 Å². The van der Waals surface area contributed by atoms with Crippen molar-refractivity contribution >= 4 is 34.2 Å². The van der Waals surface area contributed by atoms with E-state index in [4.69, 9.17) is 10.5 Å². The average molecular weight is 383 g/mol. The van der Waals surface area contributed by atoms with Crippen molar-refractivity contribution in [1.82, 2.24) is 4.98 Å². The van der Waals surface area contributed by atoms with E-state index in [0.29, 0.717) is 6.54 Å². The third-order valence-electron chi connectivity index (χ3n) is 2.72. The molecule has 20 heavy (non-hydrogen) atoms. The van der Waals surface area contributed by atoms with Crippen molar-refractivity contribution in [2.45, 2.75) is 6.54 Å². The Morgan fingerprint density at radius 1 is 1.40 bits per heavy atom. The van der Waals surface area contributed by atoms with Gasteiger partial charge in [0.25, 0.3) is 5.91 Å². The van der Waals surface area contributed by atoms with Crippen LogP contribution in [0.4, 0.5) is 5.69 Å². The molecular formula is C14H14IN3O2. The first kappa shape index (κ1) is 14.6. The van der Waals surface area contributed by atoms with Gasteiger partial charge in [-0.05, 0) is 46.4 Å². The number of pyridine rings is 1. The zero-order valence-electron chi connectivity index (χ0n) is 10.9. The number of amides is 1. The Labute approximate surface area is 130 Å². The maximum atomic E-state index is 11.3. The number of carbonyl (C=O) groups is 1. The fraction of sp³-hybridized carbons (Fsp3) is 0.143. The summed E-state index contributed by atoms with van der Waals surface area (Å²) in [5, 5.41) is 3.20. The second-order valence-corrected chi connectivity index (χ2v) is 5.37. The molecule has 1 amide bonds. The van der Waals surface area contributed by atoms with Gasteiger partial charge >= 0.3 is 0 Å². The van der Waals surface area contributed by atoms with Crippen LogP contribution >= 0.6 is 22.6 Å². The van der Waals surface area contributed by atoms with E-state index in [1.807, 2.05) is 24.3 Å². The molecule has 0 aliphatic rings. The Bertz CT molecular complexity index is 614. The third kappa shape index (κ3) is 3.60. The normalized spacial score (nSPS) is 10.1. The Balaban J connectivity index is 2.11. The van der Waals surface area contributed by atoms with E-state index in [1.54, 1.807) is 12.3 Å². The van der Waals surface area contributed by atoms with Crippen LogP contribution in [0.25, 0.3) is 0 Å². The summed E-state index contributed by atoms with van der Waals surface area (Å²) in [7, 11) is 1.45. The fourth-order valence-electron chi connectivity index (χ4n) is 1.69. The van der Waals surface area contributed by atoms with Crippen LogP contribution in [0.5, 0.6) is 5.88 Å². The summed E-state index contributed by atoms with van der Waals surface area (Å²) < 4.78 is 6.19. The molecule has 1 heterocycles. The van der Waals surface area contributed by atoms with Crippen molar-refractivity contribution in [2.24, 2.45) is 5.73 Å². The summed E-state index contributed by atoms with van der Waals surface area (Å²) in [4.78, 5) is 15.4. The maximum absolute atomic E-state index is 11.3. The number of carbonyl (C=O) groups excluding carboxylic acids is 1. The minimum absolute atomic E-state index is 0.234. The molecule has 1 aromatic heterocycles. The van der Waals surface area contributed by atoms with Crippen LogP contribution in [0.1, 0.15) is 15.9 Å². The Morgan fingerprint density at radius 2 is 2.10 bits per heavy atom. The number of halogens is 1. The summed E-state index contributed by atoms with van der Waals surface area (Å²) in [6, 6.07) is 9.81. The second kappa shape index (κ2) is 6.56. The molecule has 104 valence electrons. The monoisotopic (exact) mass is 383 g/mol. The van der Waals surface area contributed by atoms with E-state index in [0.717, 1.165) is 11.3 Å². The molecule has 0 saturated carbocycles. The number of aromatic nitrogens is 1. The van der Waals surface area contributed by atoms with Gasteiger partial charge in [-0.15, -0.1) is 0 Å². The van der Waals surface area contributed by atoms with Gasteiger partial charge in [0.05, 0.1) is 19.0 Å². The van der Waals surface area contributed by atoms with Gasteiger partial charge in [-0.1, -0.05) is 12.1 Å². The van der Waals surface area contributed by atoms with Crippen molar-refractivity contribution in [3.63, 3.8) is 0 Å². The Kier molecular flexibility index (Phi) is 4.78.